The van der Waals surface area contributed by atoms with Gasteiger partial charge in [0.15, 0.2) is 0 Å². The van der Waals surface area contributed by atoms with Crippen LogP contribution in [0.1, 0.15) is 0 Å². The summed E-state index contributed by atoms with van der Waals surface area (Å²) >= 11 is 0. The van der Waals surface area contributed by atoms with Gasteiger partial charge in [0, 0.05) is 26.0 Å². The molecule has 0 spiro atoms. The molecule has 0 saturated heterocycles. The average molecular weight is 233 g/mol. The van der Waals surface area contributed by atoms with Gasteiger partial charge < -0.3 is 10.2 Å². The van der Waals surface area contributed by atoms with E-state index >= 15 is 0 Å². The molecule has 0 heterocycles. The summed E-state index contributed by atoms with van der Waals surface area (Å²) in [6.07, 6.45) is 1.42. The number of amides is 1. The molecule has 0 aliphatic carbocycles. The highest BCUT2D eigenvalue weighted by Crippen LogP contribution is 2.09. The van der Waals surface area contributed by atoms with E-state index < -0.39 is 5.91 Å². The molecular weight excluding hydrogens is 221 g/mol. The van der Waals surface area contributed by atoms with Crippen LogP contribution < -0.4 is 5.32 Å². The first-order chi connectivity index (χ1) is 8.02. The van der Waals surface area contributed by atoms with Crippen LogP contribution in [0.15, 0.2) is 36.0 Å². The van der Waals surface area contributed by atoms with Crippen molar-refractivity contribution < 1.29 is 9.18 Å². The third-order valence-electron chi connectivity index (χ3n) is 1.85. The topological polar surface area (TPSA) is 56.1 Å². The Morgan fingerprint density at radius 1 is 1.41 bits per heavy atom. The second-order valence-electron chi connectivity index (χ2n) is 3.58. The normalized spacial score (nSPS) is 10.6. The second-order valence-corrected chi connectivity index (χ2v) is 3.58. The van der Waals surface area contributed by atoms with Crippen LogP contribution in [-0.2, 0) is 4.79 Å². The Kier molecular flexibility index (Phi) is 4.23. The van der Waals surface area contributed by atoms with Gasteiger partial charge in [-0.05, 0) is 24.3 Å². The van der Waals surface area contributed by atoms with Gasteiger partial charge in [0.1, 0.15) is 17.5 Å². The van der Waals surface area contributed by atoms with Gasteiger partial charge in [-0.2, -0.15) is 5.26 Å². The minimum absolute atomic E-state index is 0.0145. The zero-order chi connectivity index (χ0) is 12.8. The molecule has 0 aromatic heterocycles. The molecule has 4 nitrogen and oxygen atoms in total. The van der Waals surface area contributed by atoms with Gasteiger partial charge in [0.2, 0.25) is 0 Å². The average Bonchev–Trinajstić information content (AvgIpc) is 2.28. The van der Waals surface area contributed by atoms with E-state index in [0.717, 1.165) is 0 Å². The predicted octanol–water partition coefficient (Wildman–Crippen LogP) is 1.73. The van der Waals surface area contributed by atoms with Crippen LogP contribution in [0.25, 0.3) is 0 Å². The molecule has 17 heavy (non-hydrogen) atoms. The summed E-state index contributed by atoms with van der Waals surface area (Å²) in [5, 5.41) is 11.3. The Balaban J connectivity index is 2.79. The van der Waals surface area contributed by atoms with Crippen LogP contribution in [-0.4, -0.2) is 24.9 Å². The number of nitrogens with one attached hydrogen (secondary N) is 1. The molecule has 0 saturated carbocycles. The molecule has 1 aromatic rings. The molecule has 1 N–H and O–H groups in total. The molecule has 5 heteroatoms. The first kappa shape index (κ1) is 12.7. The van der Waals surface area contributed by atoms with Crippen molar-refractivity contribution in [3.05, 3.63) is 41.9 Å². The smallest absolute Gasteiger partial charge is 0.267 e. The molecule has 1 rings (SSSR count). The minimum atomic E-state index is -0.521. The van der Waals surface area contributed by atoms with E-state index in [4.69, 9.17) is 5.26 Å². The SMILES string of the molecule is CN(C)C=C(C#N)C(=O)Nc1ccc(F)cc1. The van der Waals surface area contributed by atoms with Crippen molar-refractivity contribution in [1.29, 1.82) is 5.26 Å². The van der Waals surface area contributed by atoms with Gasteiger partial charge in [0.05, 0.1) is 0 Å². The highest BCUT2D eigenvalue weighted by atomic mass is 19.1. The van der Waals surface area contributed by atoms with Gasteiger partial charge in [-0.1, -0.05) is 0 Å². The molecule has 0 radical (unpaired) electrons. The van der Waals surface area contributed by atoms with Crippen LogP contribution in [0, 0.1) is 17.1 Å². The second kappa shape index (κ2) is 5.66. The third-order valence-corrected chi connectivity index (χ3v) is 1.85. The van der Waals surface area contributed by atoms with E-state index in [-0.39, 0.29) is 11.4 Å². The minimum Gasteiger partial charge on any atom is -0.382 e. The lowest BCUT2D eigenvalue weighted by Gasteiger charge is -2.07. The fraction of sp³-hybridized carbons (Fsp3) is 0.167. The molecule has 0 atom stereocenters. The molecule has 0 bridgehead atoms. The Bertz CT molecular complexity index is 472. The van der Waals surface area contributed by atoms with E-state index in [0.29, 0.717) is 5.69 Å². The molecule has 0 aliphatic rings. The van der Waals surface area contributed by atoms with Crippen molar-refractivity contribution in [2.45, 2.75) is 0 Å². The van der Waals surface area contributed by atoms with Gasteiger partial charge >= 0.3 is 0 Å². The summed E-state index contributed by atoms with van der Waals surface area (Å²) in [5.41, 5.74) is 0.427. The van der Waals surface area contributed by atoms with E-state index in [1.165, 1.54) is 30.5 Å². The molecular formula is C12H12FN3O. The number of halogens is 1. The number of carbonyl (C=O) groups is 1. The van der Waals surface area contributed by atoms with Crippen LogP contribution >= 0.6 is 0 Å². The standard InChI is InChI=1S/C12H12FN3O/c1-16(2)8-9(7-14)12(17)15-11-5-3-10(13)4-6-11/h3-6,8H,1-2H3,(H,15,17). The number of hydrogen-bond donors (Lipinski definition) is 1. The Morgan fingerprint density at radius 2 is 2.00 bits per heavy atom. The lowest BCUT2D eigenvalue weighted by atomic mass is 10.2. The highest BCUT2D eigenvalue weighted by Gasteiger charge is 2.09. The van der Waals surface area contributed by atoms with Crippen molar-refractivity contribution in [2.75, 3.05) is 19.4 Å². The number of nitriles is 1. The number of carbonyl (C=O) groups excluding carboxylic acids is 1. The Hall–Kier alpha value is -2.35. The zero-order valence-electron chi connectivity index (χ0n) is 9.57. The summed E-state index contributed by atoms with van der Waals surface area (Å²) in [6.45, 7) is 0. The molecule has 0 unspecified atom stereocenters. The molecule has 88 valence electrons. The van der Waals surface area contributed by atoms with Gasteiger partial charge in [-0.3, -0.25) is 4.79 Å². The Morgan fingerprint density at radius 3 is 2.47 bits per heavy atom. The largest absolute Gasteiger partial charge is 0.382 e. The fourth-order valence-electron chi connectivity index (χ4n) is 1.13. The lowest BCUT2D eigenvalue weighted by Crippen LogP contribution is -2.16. The van der Waals surface area contributed by atoms with Crippen LogP contribution in [0.2, 0.25) is 0 Å². The highest BCUT2D eigenvalue weighted by molar-refractivity contribution is 6.06. The van der Waals surface area contributed by atoms with Crippen LogP contribution in [0.5, 0.6) is 0 Å². The molecule has 0 fully saturated rings. The van der Waals surface area contributed by atoms with E-state index in [2.05, 4.69) is 5.32 Å². The number of nitrogens with zero attached hydrogens (tertiary/aromatic N) is 2. The van der Waals surface area contributed by atoms with E-state index in [9.17, 15) is 9.18 Å². The van der Waals surface area contributed by atoms with Gasteiger partial charge in [-0.25, -0.2) is 4.39 Å². The predicted molar refractivity (Wildman–Crippen MR) is 62.4 cm³/mol. The lowest BCUT2D eigenvalue weighted by molar-refractivity contribution is -0.112. The maximum atomic E-state index is 12.6. The Labute approximate surface area is 99.0 Å². The van der Waals surface area contributed by atoms with Gasteiger partial charge in [0.25, 0.3) is 5.91 Å². The van der Waals surface area contributed by atoms with Crippen molar-refractivity contribution in [2.24, 2.45) is 0 Å². The van der Waals surface area contributed by atoms with E-state index in [1.807, 2.05) is 0 Å². The summed E-state index contributed by atoms with van der Waals surface area (Å²) in [6, 6.07) is 7.12. The number of rotatable bonds is 3. The van der Waals surface area contributed by atoms with Gasteiger partial charge in [-0.15, -0.1) is 0 Å². The summed E-state index contributed by atoms with van der Waals surface area (Å²) < 4.78 is 12.6. The van der Waals surface area contributed by atoms with Crippen molar-refractivity contribution in [1.82, 2.24) is 4.90 Å². The maximum Gasteiger partial charge on any atom is 0.267 e. The number of benzene rings is 1. The third kappa shape index (κ3) is 3.95. The van der Waals surface area contributed by atoms with Crippen LogP contribution in [0.3, 0.4) is 0 Å². The van der Waals surface area contributed by atoms with E-state index in [1.54, 1.807) is 25.1 Å². The van der Waals surface area contributed by atoms with Crippen molar-refractivity contribution >= 4 is 11.6 Å². The molecule has 1 amide bonds. The number of hydrogen-bond acceptors (Lipinski definition) is 3. The number of anilines is 1. The summed E-state index contributed by atoms with van der Waals surface area (Å²) in [4.78, 5) is 13.2. The summed E-state index contributed by atoms with van der Waals surface area (Å²) in [7, 11) is 3.42. The van der Waals surface area contributed by atoms with Crippen molar-refractivity contribution in [3.8, 4) is 6.07 Å². The molecule has 1 aromatic carbocycles. The fourth-order valence-corrected chi connectivity index (χ4v) is 1.13. The maximum absolute atomic E-state index is 12.6. The van der Waals surface area contributed by atoms with Crippen LogP contribution in [0.4, 0.5) is 10.1 Å². The summed E-state index contributed by atoms with van der Waals surface area (Å²) in [5.74, 6) is -0.903. The first-order valence-corrected chi connectivity index (χ1v) is 4.88. The molecule has 0 aliphatic heterocycles. The zero-order valence-corrected chi connectivity index (χ0v) is 9.57. The quantitative estimate of drug-likeness (QED) is 0.639. The monoisotopic (exact) mass is 233 g/mol. The van der Waals surface area contributed by atoms with Crippen molar-refractivity contribution in [3.63, 3.8) is 0 Å². The first-order valence-electron chi connectivity index (χ1n) is 4.88.